The first-order valence-electron chi connectivity index (χ1n) is 18.1. The van der Waals surface area contributed by atoms with Crippen molar-refractivity contribution in [1.82, 2.24) is 19.9 Å². The van der Waals surface area contributed by atoms with E-state index >= 15 is 0 Å². The third-order valence-corrected chi connectivity index (χ3v) is 10.3. The molecule has 0 unspecified atom stereocenters. The molecule has 0 bridgehead atoms. The van der Waals surface area contributed by atoms with Crippen molar-refractivity contribution in [2.45, 2.75) is 13.8 Å². The van der Waals surface area contributed by atoms with Crippen LogP contribution >= 0.6 is 22.7 Å². The fourth-order valence-electron chi connectivity index (χ4n) is 5.56. The SMILES string of the molecule is Cc1ccc(NC(=O)c2ccc(C#N)cc2)cc1Nc1nc(-c2cccnc2)cs1.Cc1ccc(NC(=O)c2ccc(F)cc2)cc1Nc1nc(-c2cccnc2)cs1. The number of nitriles is 1. The Morgan fingerprint density at radius 2 is 1.08 bits per heavy atom. The van der Waals surface area contributed by atoms with Gasteiger partial charge in [-0.1, -0.05) is 12.1 Å². The molecule has 290 valence electrons. The summed E-state index contributed by atoms with van der Waals surface area (Å²) in [6, 6.07) is 32.9. The quantitative estimate of drug-likeness (QED) is 0.105. The zero-order valence-electron chi connectivity index (χ0n) is 31.6. The summed E-state index contributed by atoms with van der Waals surface area (Å²) in [5.41, 5.74) is 10.1. The number of rotatable bonds is 10. The largest absolute Gasteiger partial charge is 0.331 e. The third kappa shape index (κ3) is 10.4. The standard InChI is InChI=1S/C23H17N5OS.C22H17FN4OS/c1-15-4-9-19(26-22(29)17-7-5-16(12-24)6-8-17)11-20(15)27-23-28-21(14-30-23)18-3-2-10-25-13-18;1-14-4-9-18(25-21(28)15-5-7-17(23)8-6-15)11-19(14)26-22-27-20(13-29-22)16-3-2-10-24-12-16/h2-11,13-14H,1H3,(H,26,29)(H,27,28);2-13H,1H3,(H,25,28)(H,26,27). The highest BCUT2D eigenvalue weighted by Crippen LogP contribution is 2.31. The summed E-state index contributed by atoms with van der Waals surface area (Å²) in [6.45, 7) is 3.97. The van der Waals surface area contributed by atoms with Crippen LogP contribution in [0.3, 0.4) is 0 Å². The third-order valence-electron chi connectivity index (χ3n) is 8.78. The van der Waals surface area contributed by atoms with E-state index in [4.69, 9.17) is 5.26 Å². The molecule has 0 aliphatic heterocycles. The molecule has 4 aromatic heterocycles. The summed E-state index contributed by atoms with van der Waals surface area (Å²) in [5, 5.41) is 26.7. The van der Waals surface area contributed by atoms with E-state index in [0.717, 1.165) is 55.3 Å². The average molecular weight is 816 g/mol. The highest BCUT2D eigenvalue weighted by molar-refractivity contribution is 7.14. The van der Waals surface area contributed by atoms with Crippen molar-refractivity contribution in [3.8, 4) is 28.6 Å². The van der Waals surface area contributed by atoms with Gasteiger partial charge in [0, 0.05) is 80.6 Å². The number of halogens is 1. The van der Waals surface area contributed by atoms with Gasteiger partial charge in [-0.3, -0.25) is 19.6 Å². The van der Waals surface area contributed by atoms with Gasteiger partial charge in [-0.2, -0.15) is 5.26 Å². The molecule has 14 heteroatoms. The van der Waals surface area contributed by atoms with Crippen molar-refractivity contribution in [2.75, 3.05) is 21.3 Å². The second-order valence-corrected chi connectivity index (χ2v) is 14.7. The number of carbonyl (C=O) groups excluding carboxylic acids is 2. The van der Waals surface area contributed by atoms with Crippen LogP contribution in [0.25, 0.3) is 22.5 Å². The lowest BCUT2D eigenvalue weighted by Crippen LogP contribution is -2.12. The van der Waals surface area contributed by atoms with Crippen LogP contribution in [0.15, 0.2) is 145 Å². The molecule has 0 aliphatic carbocycles. The Morgan fingerprint density at radius 3 is 1.51 bits per heavy atom. The maximum absolute atomic E-state index is 13.0. The number of nitrogens with zero attached hydrogens (tertiary/aromatic N) is 5. The Labute approximate surface area is 347 Å². The van der Waals surface area contributed by atoms with Crippen LogP contribution in [0.1, 0.15) is 37.4 Å². The molecule has 11 nitrogen and oxygen atoms in total. The summed E-state index contributed by atoms with van der Waals surface area (Å²) in [7, 11) is 0. The summed E-state index contributed by atoms with van der Waals surface area (Å²) in [6.07, 6.45) is 7.01. The molecule has 8 rings (SSSR count). The van der Waals surface area contributed by atoms with Crippen molar-refractivity contribution in [3.63, 3.8) is 0 Å². The summed E-state index contributed by atoms with van der Waals surface area (Å²) >= 11 is 3.00. The topological polar surface area (TPSA) is 158 Å². The van der Waals surface area contributed by atoms with Crippen LogP contribution in [0.2, 0.25) is 0 Å². The molecule has 0 spiro atoms. The van der Waals surface area contributed by atoms with E-state index in [9.17, 15) is 14.0 Å². The molecule has 0 atom stereocenters. The molecule has 4 heterocycles. The fourth-order valence-corrected chi connectivity index (χ4v) is 7.02. The van der Waals surface area contributed by atoms with E-state index in [-0.39, 0.29) is 17.6 Å². The Kier molecular flexibility index (Phi) is 12.5. The number of amides is 2. The molecule has 0 radical (unpaired) electrons. The van der Waals surface area contributed by atoms with E-state index in [1.807, 2.05) is 91.3 Å². The van der Waals surface area contributed by atoms with E-state index in [1.54, 1.807) is 49.1 Å². The van der Waals surface area contributed by atoms with Crippen molar-refractivity contribution >= 4 is 67.5 Å². The van der Waals surface area contributed by atoms with E-state index < -0.39 is 0 Å². The molecule has 4 aromatic carbocycles. The van der Waals surface area contributed by atoms with Crippen LogP contribution in [0, 0.1) is 31.0 Å². The normalized spacial score (nSPS) is 10.4. The molecule has 2 amide bonds. The highest BCUT2D eigenvalue weighted by Gasteiger charge is 2.12. The van der Waals surface area contributed by atoms with Gasteiger partial charge in [0.1, 0.15) is 5.82 Å². The molecule has 0 aliphatic rings. The van der Waals surface area contributed by atoms with Gasteiger partial charge in [0.05, 0.1) is 23.0 Å². The second kappa shape index (κ2) is 18.6. The van der Waals surface area contributed by atoms with Gasteiger partial charge in [-0.25, -0.2) is 14.4 Å². The molecule has 0 fully saturated rings. The van der Waals surface area contributed by atoms with E-state index in [2.05, 4.69) is 41.2 Å². The Hall–Kier alpha value is -7.60. The van der Waals surface area contributed by atoms with Crippen LogP contribution in [-0.4, -0.2) is 31.8 Å². The van der Waals surface area contributed by atoms with Gasteiger partial charge < -0.3 is 21.3 Å². The van der Waals surface area contributed by atoms with Gasteiger partial charge in [-0.15, -0.1) is 22.7 Å². The molecule has 0 saturated heterocycles. The number of aromatic nitrogens is 4. The summed E-state index contributed by atoms with van der Waals surface area (Å²) in [4.78, 5) is 42.4. The average Bonchev–Trinajstić information content (AvgIpc) is 3.95. The molecule has 4 N–H and O–H groups in total. The van der Waals surface area contributed by atoms with Crippen LogP contribution in [0.5, 0.6) is 0 Å². The first kappa shape index (κ1) is 39.6. The number of nitrogens with one attached hydrogen (secondary N) is 4. The first-order valence-corrected chi connectivity index (χ1v) is 19.8. The van der Waals surface area contributed by atoms with Gasteiger partial charge >= 0.3 is 0 Å². The summed E-state index contributed by atoms with van der Waals surface area (Å²) in [5.74, 6) is -0.909. The Morgan fingerprint density at radius 1 is 0.627 bits per heavy atom. The smallest absolute Gasteiger partial charge is 0.255 e. The number of benzene rings is 4. The molecule has 8 aromatic rings. The lowest BCUT2D eigenvalue weighted by atomic mass is 10.1. The Balaban J connectivity index is 0.000000179. The maximum atomic E-state index is 13.0. The van der Waals surface area contributed by atoms with Crippen molar-refractivity contribution in [3.05, 3.63) is 178 Å². The number of carbonyl (C=O) groups is 2. The van der Waals surface area contributed by atoms with Crippen LogP contribution in [0.4, 0.5) is 37.4 Å². The Bertz CT molecular complexity index is 2750. The number of pyridine rings is 2. The fraction of sp³-hybridized carbons (Fsp3) is 0.0444. The molecule has 0 saturated carbocycles. The number of aryl methyl sites for hydroxylation is 2. The number of hydrogen-bond acceptors (Lipinski definition) is 11. The lowest BCUT2D eigenvalue weighted by Gasteiger charge is -2.11. The van der Waals surface area contributed by atoms with Gasteiger partial charge in [-0.05, 0) is 122 Å². The van der Waals surface area contributed by atoms with E-state index in [1.165, 1.54) is 46.9 Å². The minimum absolute atomic E-state index is 0.234. The second-order valence-electron chi connectivity index (χ2n) is 13.0. The van der Waals surface area contributed by atoms with E-state index in [0.29, 0.717) is 28.1 Å². The minimum atomic E-state index is -0.377. The predicted octanol–water partition coefficient (Wildman–Crippen LogP) is 11.0. The maximum Gasteiger partial charge on any atom is 0.255 e. The number of hydrogen-bond donors (Lipinski definition) is 4. The minimum Gasteiger partial charge on any atom is -0.331 e. The molecular weight excluding hydrogens is 782 g/mol. The first-order chi connectivity index (χ1) is 28.7. The van der Waals surface area contributed by atoms with Gasteiger partial charge in [0.15, 0.2) is 10.3 Å². The summed E-state index contributed by atoms with van der Waals surface area (Å²) < 4.78 is 13.0. The number of thiazole rings is 2. The zero-order valence-corrected chi connectivity index (χ0v) is 33.2. The van der Waals surface area contributed by atoms with Crippen molar-refractivity contribution in [1.29, 1.82) is 5.26 Å². The molecular formula is C45H34FN9O2S2. The van der Waals surface area contributed by atoms with Crippen molar-refractivity contribution < 1.29 is 14.0 Å². The monoisotopic (exact) mass is 815 g/mol. The zero-order chi connectivity index (χ0) is 41.1. The van der Waals surface area contributed by atoms with Crippen LogP contribution in [-0.2, 0) is 0 Å². The lowest BCUT2D eigenvalue weighted by molar-refractivity contribution is 0.101. The predicted molar refractivity (Wildman–Crippen MR) is 233 cm³/mol. The number of anilines is 6. The van der Waals surface area contributed by atoms with Gasteiger partial charge in [0.2, 0.25) is 0 Å². The highest BCUT2D eigenvalue weighted by atomic mass is 32.1. The van der Waals surface area contributed by atoms with Crippen LogP contribution < -0.4 is 21.3 Å². The van der Waals surface area contributed by atoms with Crippen molar-refractivity contribution in [2.24, 2.45) is 0 Å². The molecule has 59 heavy (non-hydrogen) atoms. The van der Waals surface area contributed by atoms with Gasteiger partial charge in [0.25, 0.3) is 11.8 Å².